The van der Waals surface area contributed by atoms with Gasteiger partial charge in [0, 0.05) is 0 Å². The summed E-state index contributed by atoms with van der Waals surface area (Å²) in [5.41, 5.74) is 2.04. The van der Waals surface area contributed by atoms with Crippen molar-refractivity contribution >= 4 is 17.6 Å². The summed E-state index contributed by atoms with van der Waals surface area (Å²) in [6, 6.07) is 14.6. The Morgan fingerprint density at radius 2 is 1.73 bits per heavy atom. The normalized spacial score (nSPS) is 11.0. The summed E-state index contributed by atoms with van der Waals surface area (Å²) in [5.74, 6) is 0.942. The zero-order valence-corrected chi connectivity index (χ0v) is 15.3. The minimum atomic E-state index is -0.331. The van der Waals surface area contributed by atoms with Crippen molar-refractivity contribution in [3.05, 3.63) is 53.6 Å². The first-order chi connectivity index (χ1) is 12.5. The molecule has 26 heavy (non-hydrogen) atoms. The number of nitriles is 1. The number of ether oxygens (including phenoxy) is 3. The zero-order valence-electron chi connectivity index (χ0n) is 15.3. The lowest BCUT2D eigenvalue weighted by Crippen LogP contribution is -2.15. The molecule has 0 aromatic heterocycles. The van der Waals surface area contributed by atoms with E-state index in [0.717, 1.165) is 16.9 Å². The molecule has 0 N–H and O–H groups in total. The van der Waals surface area contributed by atoms with E-state index in [1.165, 1.54) is 7.11 Å². The highest BCUT2D eigenvalue weighted by atomic mass is 16.6. The van der Waals surface area contributed by atoms with Gasteiger partial charge >= 0.3 is 5.97 Å². The number of methoxy groups -OCH3 is 2. The van der Waals surface area contributed by atoms with Crippen LogP contribution in [0.2, 0.25) is 0 Å². The lowest BCUT2D eigenvalue weighted by atomic mass is 10.0. The van der Waals surface area contributed by atoms with Gasteiger partial charge in [-0.1, -0.05) is 19.9 Å². The van der Waals surface area contributed by atoms with Crippen LogP contribution in [0.5, 0.6) is 17.2 Å². The summed E-state index contributed by atoms with van der Waals surface area (Å²) in [5, 5.41) is 9.48. The summed E-state index contributed by atoms with van der Waals surface area (Å²) in [4.78, 5) is 11.8. The lowest BCUT2D eigenvalue weighted by molar-refractivity contribution is -0.137. The molecule has 2 aromatic carbocycles. The largest absolute Gasteiger partial charge is 0.497 e. The number of carbonyl (C=O) groups is 1. The van der Waals surface area contributed by atoms with Gasteiger partial charge in [0.05, 0.1) is 31.8 Å². The molecular formula is C21H21NO4. The Morgan fingerprint density at radius 3 is 2.27 bits per heavy atom. The number of esters is 1. The number of carbonyl (C=O) groups excluding carboxylic acids is 1. The summed E-state index contributed by atoms with van der Waals surface area (Å²) < 4.78 is 15.8. The van der Waals surface area contributed by atoms with Gasteiger partial charge in [0.2, 0.25) is 0 Å². The first kappa shape index (κ1) is 19.1. The van der Waals surface area contributed by atoms with E-state index in [1.54, 1.807) is 57.4 Å². The number of hydrogen-bond acceptors (Lipinski definition) is 5. The van der Waals surface area contributed by atoms with Gasteiger partial charge in [0.25, 0.3) is 0 Å². The molecule has 0 bridgehead atoms. The first-order valence-corrected chi connectivity index (χ1v) is 8.14. The Hall–Kier alpha value is -3.26. The van der Waals surface area contributed by atoms with E-state index in [-0.39, 0.29) is 11.9 Å². The molecule has 0 unspecified atom stereocenters. The Kier molecular flexibility index (Phi) is 6.40. The predicted molar refractivity (Wildman–Crippen MR) is 99.9 cm³/mol. The maximum atomic E-state index is 11.8. The van der Waals surface area contributed by atoms with Crippen LogP contribution in [0.3, 0.4) is 0 Å². The Balaban J connectivity index is 2.33. The fourth-order valence-corrected chi connectivity index (χ4v) is 2.20. The van der Waals surface area contributed by atoms with Crippen molar-refractivity contribution in [2.45, 2.75) is 13.8 Å². The van der Waals surface area contributed by atoms with Gasteiger partial charge in [0.15, 0.2) is 11.5 Å². The number of allylic oxidation sites excluding steroid dienone is 1. The highest BCUT2D eigenvalue weighted by Crippen LogP contribution is 2.30. The Morgan fingerprint density at radius 1 is 1.04 bits per heavy atom. The van der Waals surface area contributed by atoms with Gasteiger partial charge in [-0.25, -0.2) is 0 Å². The lowest BCUT2D eigenvalue weighted by Gasteiger charge is -2.11. The molecule has 5 nitrogen and oxygen atoms in total. The van der Waals surface area contributed by atoms with E-state index in [2.05, 4.69) is 6.07 Å². The molecule has 0 heterocycles. The van der Waals surface area contributed by atoms with E-state index < -0.39 is 0 Å². The van der Waals surface area contributed by atoms with Crippen LogP contribution in [0.1, 0.15) is 25.0 Å². The molecule has 0 radical (unpaired) electrons. The van der Waals surface area contributed by atoms with Crippen LogP contribution < -0.4 is 14.2 Å². The molecule has 0 saturated carbocycles. The maximum Gasteiger partial charge on any atom is 0.313 e. The molecule has 0 aliphatic rings. The molecule has 134 valence electrons. The van der Waals surface area contributed by atoms with Crippen LogP contribution >= 0.6 is 0 Å². The molecule has 0 atom stereocenters. The van der Waals surface area contributed by atoms with Crippen molar-refractivity contribution in [2.75, 3.05) is 14.2 Å². The Bertz CT molecular complexity index is 845. The van der Waals surface area contributed by atoms with Gasteiger partial charge < -0.3 is 14.2 Å². The van der Waals surface area contributed by atoms with Crippen LogP contribution in [0.4, 0.5) is 0 Å². The van der Waals surface area contributed by atoms with Crippen molar-refractivity contribution in [3.8, 4) is 23.3 Å². The highest BCUT2D eigenvalue weighted by molar-refractivity contribution is 5.90. The minimum Gasteiger partial charge on any atom is -0.497 e. The smallest absolute Gasteiger partial charge is 0.313 e. The molecule has 2 aromatic rings. The fraction of sp³-hybridized carbons (Fsp3) is 0.238. The second-order valence-corrected chi connectivity index (χ2v) is 5.88. The van der Waals surface area contributed by atoms with E-state index >= 15 is 0 Å². The predicted octanol–water partition coefficient (Wildman–Crippen LogP) is 4.33. The molecule has 0 fully saturated rings. The van der Waals surface area contributed by atoms with E-state index in [4.69, 9.17) is 14.2 Å². The van der Waals surface area contributed by atoms with Crippen LogP contribution in [-0.2, 0) is 4.79 Å². The molecule has 0 aliphatic carbocycles. The van der Waals surface area contributed by atoms with E-state index in [1.807, 2.05) is 12.1 Å². The quantitative estimate of drug-likeness (QED) is 0.335. The Labute approximate surface area is 153 Å². The van der Waals surface area contributed by atoms with Crippen molar-refractivity contribution in [2.24, 2.45) is 5.92 Å². The SMILES string of the molecule is COc1ccc(/C(C#N)=C\c2ccc(OC(=O)C(C)C)c(OC)c2)cc1. The standard InChI is InChI=1S/C21H21NO4/c1-14(2)21(23)26-19-10-5-15(12-20(19)25-4)11-17(13-22)16-6-8-18(24-3)9-7-16/h5-12,14H,1-4H3/b17-11-. The zero-order chi connectivity index (χ0) is 19.1. The van der Waals surface area contributed by atoms with Crippen molar-refractivity contribution < 1.29 is 19.0 Å². The average molecular weight is 351 g/mol. The van der Waals surface area contributed by atoms with Gasteiger partial charge in [-0.2, -0.15) is 5.26 Å². The van der Waals surface area contributed by atoms with Gasteiger partial charge in [-0.3, -0.25) is 4.79 Å². The third-order valence-electron chi connectivity index (χ3n) is 3.70. The van der Waals surface area contributed by atoms with Crippen molar-refractivity contribution in [1.29, 1.82) is 5.26 Å². The number of hydrogen-bond donors (Lipinski definition) is 0. The molecule has 0 spiro atoms. The number of rotatable bonds is 6. The van der Waals surface area contributed by atoms with Crippen molar-refractivity contribution in [3.63, 3.8) is 0 Å². The van der Waals surface area contributed by atoms with Crippen LogP contribution in [-0.4, -0.2) is 20.2 Å². The molecule has 0 amide bonds. The molecule has 0 saturated heterocycles. The highest BCUT2D eigenvalue weighted by Gasteiger charge is 2.14. The van der Waals surface area contributed by atoms with Gasteiger partial charge in [-0.15, -0.1) is 0 Å². The van der Waals surface area contributed by atoms with E-state index in [9.17, 15) is 10.1 Å². The number of nitrogens with zero attached hydrogens (tertiary/aromatic N) is 1. The molecular weight excluding hydrogens is 330 g/mol. The molecule has 5 heteroatoms. The third-order valence-corrected chi connectivity index (χ3v) is 3.70. The van der Waals surface area contributed by atoms with Gasteiger partial charge in [-0.05, 0) is 53.6 Å². The van der Waals surface area contributed by atoms with Crippen LogP contribution in [0, 0.1) is 17.2 Å². The summed E-state index contributed by atoms with van der Waals surface area (Å²) in [6.07, 6.45) is 1.75. The summed E-state index contributed by atoms with van der Waals surface area (Å²) >= 11 is 0. The second kappa shape index (κ2) is 8.72. The average Bonchev–Trinajstić information content (AvgIpc) is 2.67. The first-order valence-electron chi connectivity index (χ1n) is 8.14. The minimum absolute atomic E-state index is 0.237. The van der Waals surface area contributed by atoms with Crippen molar-refractivity contribution in [1.82, 2.24) is 0 Å². The third kappa shape index (κ3) is 4.64. The monoisotopic (exact) mass is 351 g/mol. The van der Waals surface area contributed by atoms with Gasteiger partial charge in [0.1, 0.15) is 5.75 Å². The summed E-state index contributed by atoms with van der Waals surface area (Å²) in [6.45, 7) is 3.53. The second-order valence-electron chi connectivity index (χ2n) is 5.88. The molecule has 2 rings (SSSR count). The van der Waals surface area contributed by atoms with E-state index in [0.29, 0.717) is 17.1 Å². The van der Waals surface area contributed by atoms with Crippen LogP contribution in [0.15, 0.2) is 42.5 Å². The van der Waals surface area contributed by atoms with Crippen LogP contribution in [0.25, 0.3) is 11.6 Å². The maximum absolute atomic E-state index is 11.8. The fourth-order valence-electron chi connectivity index (χ4n) is 2.20. The number of benzene rings is 2. The molecule has 0 aliphatic heterocycles. The summed E-state index contributed by atoms with van der Waals surface area (Å²) in [7, 11) is 3.10. The topological polar surface area (TPSA) is 68.5 Å².